The van der Waals surface area contributed by atoms with Crippen molar-refractivity contribution in [2.75, 3.05) is 5.32 Å². The second-order valence-electron chi connectivity index (χ2n) is 4.31. The SMILES string of the molecule is Cc1cccc(Nc2ccccc2C(=O)N=O)c1C. The Morgan fingerprint density at radius 3 is 2.42 bits per heavy atom. The molecule has 0 unspecified atom stereocenters. The minimum atomic E-state index is -0.770. The standard InChI is InChI=1S/C15H14N2O2/c1-10-6-5-9-13(11(10)2)16-14-8-4-3-7-12(14)15(18)17-19/h3-9,16H,1-2H3. The third-order valence-corrected chi connectivity index (χ3v) is 3.11. The van der Waals surface area contributed by atoms with Crippen molar-refractivity contribution in [2.45, 2.75) is 13.8 Å². The Labute approximate surface area is 111 Å². The van der Waals surface area contributed by atoms with Gasteiger partial charge < -0.3 is 5.32 Å². The Morgan fingerprint density at radius 1 is 1.00 bits per heavy atom. The number of aryl methyl sites for hydroxylation is 1. The summed E-state index contributed by atoms with van der Waals surface area (Å²) in [5.74, 6) is -0.770. The molecule has 0 aliphatic carbocycles. The average Bonchev–Trinajstić information content (AvgIpc) is 2.43. The molecular weight excluding hydrogens is 240 g/mol. The molecule has 0 radical (unpaired) electrons. The molecule has 4 nitrogen and oxygen atoms in total. The van der Waals surface area contributed by atoms with E-state index in [1.165, 1.54) is 0 Å². The summed E-state index contributed by atoms with van der Waals surface area (Å²) in [6.07, 6.45) is 0. The Morgan fingerprint density at radius 2 is 1.68 bits per heavy atom. The van der Waals surface area contributed by atoms with E-state index >= 15 is 0 Å². The zero-order valence-corrected chi connectivity index (χ0v) is 10.8. The van der Waals surface area contributed by atoms with Gasteiger partial charge in [-0.1, -0.05) is 24.3 Å². The van der Waals surface area contributed by atoms with Gasteiger partial charge in [-0.2, -0.15) is 0 Å². The van der Waals surface area contributed by atoms with Crippen LogP contribution in [0.3, 0.4) is 0 Å². The van der Waals surface area contributed by atoms with Gasteiger partial charge in [0.05, 0.1) is 11.3 Å². The maximum absolute atomic E-state index is 11.5. The lowest BCUT2D eigenvalue weighted by Crippen LogP contribution is -2.02. The number of hydrogen-bond acceptors (Lipinski definition) is 3. The highest BCUT2D eigenvalue weighted by Crippen LogP contribution is 2.25. The second-order valence-corrected chi connectivity index (χ2v) is 4.31. The minimum Gasteiger partial charge on any atom is -0.355 e. The number of amides is 1. The number of nitrogens with one attached hydrogen (secondary N) is 1. The van der Waals surface area contributed by atoms with Gasteiger partial charge in [-0.05, 0) is 43.2 Å². The van der Waals surface area contributed by atoms with E-state index in [0.717, 1.165) is 16.8 Å². The highest BCUT2D eigenvalue weighted by atomic mass is 16.3. The topological polar surface area (TPSA) is 58.5 Å². The van der Waals surface area contributed by atoms with Crippen LogP contribution in [0.5, 0.6) is 0 Å². The average molecular weight is 254 g/mol. The van der Waals surface area contributed by atoms with Gasteiger partial charge in [0.1, 0.15) is 0 Å². The van der Waals surface area contributed by atoms with E-state index in [9.17, 15) is 9.70 Å². The van der Waals surface area contributed by atoms with Crippen LogP contribution in [0, 0.1) is 18.8 Å². The molecule has 1 N–H and O–H groups in total. The lowest BCUT2D eigenvalue weighted by molar-refractivity contribution is 0.100. The smallest absolute Gasteiger partial charge is 0.318 e. The van der Waals surface area contributed by atoms with Crippen molar-refractivity contribution in [3.63, 3.8) is 0 Å². The first-order valence-corrected chi connectivity index (χ1v) is 5.93. The zero-order chi connectivity index (χ0) is 13.8. The first-order chi connectivity index (χ1) is 9.13. The van der Waals surface area contributed by atoms with Gasteiger partial charge in [-0.15, -0.1) is 4.91 Å². The third kappa shape index (κ3) is 2.68. The van der Waals surface area contributed by atoms with Crippen LogP contribution in [0.25, 0.3) is 0 Å². The molecule has 2 rings (SSSR count). The molecule has 96 valence electrons. The number of carbonyl (C=O) groups excluding carboxylic acids is 1. The summed E-state index contributed by atoms with van der Waals surface area (Å²) in [7, 11) is 0. The van der Waals surface area contributed by atoms with Gasteiger partial charge >= 0.3 is 5.91 Å². The van der Waals surface area contributed by atoms with Gasteiger partial charge in [0.2, 0.25) is 0 Å². The Bertz CT molecular complexity index is 636. The largest absolute Gasteiger partial charge is 0.355 e. The van der Waals surface area contributed by atoms with E-state index in [-0.39, 0.29) is 5.56 Å². The number of para-hydroxylation sites is 1. The van der Waals surface area contributed by atoms with Crippen LogP contribution < -0.4 is 5.32 Å². The quantitative estimate of drug-likeness (QED) is 0.843. The molecule has 19 heavy (non-hydrogen) atoms. The number of hydrogen-bond donors (Lipinski definition) is 1. The predicted octanol–water partition coefficient (Wildman–Crippen LogP) is 3.95. The molecule has 2 aromatic rings. The van der Waals surface area contributed by atoms with Crippen molar-refractivity contribution in [2.24, 2.45) is 5.18 Å². The summed E-state index contributed by atoms with van der Waals surface area (Å²) in [4.78, 5) is 21.9. The molecule has 0 atom stereocenters. The molecule has 4 heteroatoms. The van der Waals surface area contributed by atoms with Crippen molar-refractivity contribution >= 4 is 17.3 Å². The predicted molar refractivity (Wildman–Crippen MR) is 75.8 cm³/mol. The fourth-order valence-corrected chi connectivity index (χ4v) is 1.86. The van der Waals surface area contributed by atoms with Crippen LogP contribution in [0.2, 0.25) is 0 Å². The first kappa shape index (κ1) is 13.0. The van der Waals surface area contributed by atoms with Gasteiger partial charge in [0.25, 0.3) is 0 Å². The number of rotatable bonds is 3. The first-order valence-electron chi connectivity index (χ1n) is 5.93. The van der Waals surface area contributed by atoms with E-state index in [4.69, 9.17) is 0 Å². The molecular formula is C15H14N2O2. The van der Waals surface area contributed by atoms with Crippen LogP contribution in [0.4, 0.5) is 11.4 Å². The van der Waals surface area contributed by atoms with E-state index in [0.29, 0.717) is 5.69 Å². The van der Waals surface area contributed by atoms with E-state index < -0.39 is 5.91 Å². The van der Waals surface area contributed by atoms with Crippen molar-refractivity contribution in [3.05, 3.63) is 64.1 Å². The van der Waals surface area contributed by atoms with Crippen LogP contribution in [0.1, 0.15) is 21.5 Å². The maximum Gasteiger partial charge on any atom is 0.318 e. The van der Waals surface area contributed by atoms with Gasteiger partial charge in [-0.3, -0.25) is 4.79 Å². The lowest BCUT2D eigenvalue weighted by Gasteiger charge is -2.13. The number of anilines is 2. The summed E-state index contributed by atoms with van der Waals surface area (Å²) < 4.78 is 0. The maximum atomic E-state index is 11.5. The van der Waals surface area contributed by atoms with Crippen LogP contribution in [0.15, 0.2) is 47.6 Å². The van der Waals surface area contributed by atoms with E-state index in [1.54, 1.807) is 24.3 Å². The van der Waals surface area contributed by atoms with E-state index in [2.05, 4.69) is 10.5 Å². The summed E-state index contributed by atoms with van der Waals surface area (Å²) in [5.41, 5.74) is 4.02. The van der Waals surface area contributed by atoms with Crippen molar-refractivity contribution in [1.82, 2.24) is 0 Å². The number of nitrogens with zero attached hydrogens (tertiary/aromatic N) is 1. The second kappa shape index (κ2) is 5.44. The molecule has 0 saturated carbocycles. The van der Waals surface area contributed by atoms with Gasteiger partial charge in [0.15, 0.2) is 0 Å². The van der Waals surface area contributed by atoms with Gasteiger partial charge in [-0.25, -0.2) is 0 Å². The number of carbonyl (C=O) groups is 1. The summed E-state index contributed by atoms with van der Waals surface area (Å²) in [6, 6.07) is 12.7. The molecule has 0 bridgehead atoms. The monoisotopic (exact) mass is 254 g/mol. The zero-order valence-electron chi connectivity index (χ0n) is 10.8. The molecule has 0 saturated heterocycles. The molecule has 0 aromatic heterocycles. The summed E-state index contributed by atoms with van der Waals surface area (Å²) in [5, 5.41) is 5.65. The number of benzene rings is 2. The van der Waals surface area contributed by atoms with E-state index in [1.807, 2.05) is 32.0 Å². The molecule has 2 aromatic carbocycles. The normalized spacial score (nSPS) is 10.0. The number of nitroso groups, excluding NO2 is 1. The van der Waals surface area contributed by atoms with Crippen molar-refractivity contribution < 1.29 is 4.79 Å². The van der Waals surface area contributed by atoms with Crippen LogP contribution in [-0.2, 0) is 0 Å². The molecule has 0 aliphatic rings. The Balaban J connectivity index is 2.41. The fraction of sp³-hybridized carbons (Fsp3) is 0.133. The van der Waals surface area contributed by atoms with Crippen LogP contribution >= 0.6 is 0 Å². The fourth-order valence-electron chi connectivity index (χ4n) is 1.86. The molecule has 0 fully saturated rings. The minimum absolute atomic E-state index is 0.276. The van der Waals surface area contributed by atoms with Crippen molar-refractivity contribution in [3.8, 4) is 0 Å². The van der Waals surface area contributed by atoms with Crippen molar-refractivity contribution in [1.29, 1.82) is 0 Å². The van der Waals surface area contributed by atoms with Crippen LogP contribution in [-0.4, -0.2) is 5.91 Å². The molecule has 0 aliphatic heterocycles. The summed E-state index contributed by atoms with van der Waals surface area (Å²) >= 11 is 0. The molecule has 1 amide bonds. The highest BCUT2D eigenvalue weighted by molar-refractivity contribution is 6.00. The lowest BCUT2D eigenvalue weighted by atomic mass is 10.1. The highest BCUT2D eigenvalue weighted by Gasteiger charge is 2.12. The third-order valence-electron chi connectivity index (χ3n) is 3.11. The Kier molecular flexibility index (Phi) is 3.71. The Hall–Kier alpha value is -2.49. The molecule has 0 heterocycles. The molecule has 0 spiro atoms. The van der Waals surface area contributed by atoms with Gasteiger partial charge in [0, 0.05) is 10.9 Å². The summed E-state index contributed by atoms with van der Waals surface area (Å²) in [6.45, 7) is 4.02.